The molecule has 122 valence electrons. The molecule has 1 saturated heterocycles. The highest BCUT2D eigenvalue weighted by atomic mass is 16.5. The number of carbonyl (C=O) groups is 1. The van der Waals surface area contributed by atoms with Crippen LogP contribution in [0.3, 0.4) is 0 Å². The summed E-state index contributed by atoms with van der Waals surface area (Å²) in [5, 5.41) is 2.95. The summed E-state index contributed by atoms with van der Waals surface area (Å²) in [6.45, 7) is 6.18. The van der Waals surface area contributed by atoms with Crippen LogP contribution >= 0.6 is 0 Å². The van der Waals surface area contributed by atoms with Crippen LogP contribution in [-0.4, -0.2) is 54.7 Å². The topological polar surface area (TPSA) is 67.6 Å². The van der Waals surface area contributed by atoms with Crippen LogP contribution in [0.1, 0.15) is 12.8 Å². The van der Waals surface area contributed by atoms with Gasteiger partial charge in [0, 0.05) is 37.8 Å². The van der Waals surface area contributed by atoms with Crippen LogP contribution in [0.25, 0.3) is 17.2 Å². The van der Waals surface area contributed by atoms with Gasteiger partial charge in [-0.2, -0.15) is 0 Å². The minimum Gasteiger partial charge on any atom is -0.437 e. The summed E-state index contributed by atoms with van der Waals surface area (Å²) in [7, 11) is 0. The van der Waals surface area contributed by atoms with Crippen molar-refractivity contribution in [1.82, 2.24) is 15.2 Å². The van der Waals surface area contributed by atoms with E-state index in [1.165, 1.54) is 6.08 Å². The van der Waals surface area contributed by atoms with Crippen molar-refractivity contribution >= 4 is 23.1 Å². The Bertz CT molecular complexity index is 656. The number of hydrogen-bond donors (Lipinski definition) is 1. The number of amides is 1. The van der Waals surface area contributed by atoms with E-state index in [1.54, 1.807) is 6.08 Å². The van der Waals surface area contributed by atoms with Gasteiger partial charge in [0.25, 0.3) is 0 Å². The zero-order valence-corrected chi connectivity index (χ0v) is 13.2. The number of fused-ring (bicyclic) bond motifs is 1. The highest BCUT2D eigenvalue weighted by Crippen LogP contribution is 2.15. The first-order chi connectivity index (χ1) is 11.2. The van der Waals surface area contributed by atoms with Gasteiger partial charge < -0.3 is 14.5 Å². The fraction of sp³-hybridized carbons (Fsp3) is 0.412. The molecular formula is C17H21N3O3. The molecule has 1 amide bonds. The van der Waals surface area contributed by atoms with Crippen LogP contribution in [0.5, 0.6) is 0 Å². The third-order valence-corrected chi connectivity index (χ3v) is 3.71. The molecule has 1 N–H and O–H groups in total. The Morgan fingerprint density at radius 3 is 2.96 bits per heavy atom. The second-order valence-corrected chi connectivity index (χ2v) is 5.68. The monoisotopic (exact) mass is 315 g/mol. The molecule has 1 fully saturated rings. The average Bonchev–Trinajstić information content (AvgIpc) is 2.96. The molecule has 0 unspecified atom stereocenters. The molecule has 1 aliphatic rings. The van der Waals surface area contributed by atoms with Crippen LogP contribution in [0, 0.1) is 0 Å². The van der Waals surface area contributed by atoms with Crippen LogP contribution in [0.4, 0.5) is 0 Å². The number of rotatable bonds is 5. The summed E-state index contributed by atoms with van der Waals surface area (Å²) in [4.78, 5) is 18.6. The van der Waals surface area contributed by atoms with Gasteiger partial charge in [0.2, 0.25) is 11.8 Å². The van der Waals surface area contributed by atoms with Crippen LogP contribution in [0.15, 0.2) is 34.8 Å². The Morgan fingerprint density at radius 1 is 1.39 bits per heavy atom. The molecule has 1 aromatic heterocycles. The number of nitrogens with zero attached hydrogens (tertiary/aromatic N) is 2. The zero-order valence-electron chi connectivity index (χ0n) is 13.2. The maximum Gasteiger partial charge on any atom is 0.244 e. The van der Waals surface area contributed by atoms with Gasteiger partial charge in [-0.05, 0) is 19.1 Å². The molecule has 6 heteroatoms. The number of carbonyl (C=O) groups excluding carboxylic acids is 1. The number of hydrogen-bond acceptors (Lipinski definition) is 5. The summed E-state index contributed by atoms with van der Waals surface area (Å²) in [5.74, 6) is 0.287. The van der Waals surface area contributed by atoms with E-state index in [9.17, 15) is 4.79 Å². The smallest absolute Gasteiger partial charge is 0.244 e. The highest BCUT2D eigenvalue weighted by molar-refractivity contribution is 5.91. The lowest BCUT2D eigenvalue weighted by atomic mass is 10.3. The second-order valence-electron chi connectivity index (χ2n) is 5.68. The van der Waals surface area contributed by atoms with Crippen molar-refractivity contribution in [3.8, 4) is 0 Å². The Morgan fingerprint density at radius 2 is 2.17 bits per heavy atom. The zero-order chi connectivity index (χ0) is 16.1. The molecule has 1 aliphatic heterocycles. The lowest BCUT2D eigenvalue weighted by Gasteiger charge is -2.29. The molecule has 6 nitrogen and oxygen atoms in total. The van der Waals surface area contributed by atoms with Gasteiger partial charge in [-0.15, -0.1) is 0 Å². The first kappa shape index (κ1) is 15.7. The largest absolute Gasteiger partial charge is 0.437 e. The fourth-order valence-electron chi connectivity index (χ4n) is 2.62. The predicted molar refractivity (Wildman–Crippen MR) is 87.9 cm³/mol. The number of ether oxygens (including phenoxy) is 1. The summed E-state index contributed by atoms with van der Waals surface area (Å²) >= 11 is 0. The maximum absolute atomic E-state index is 12.0. The van der Waals surface area contributed by atoms with E-state index >= 15 is 0 Å². The van der Waals surface area contributed by atoms with Gasteiger partial charge in [0.15, 0.2) is 5.58 Å². The van der Waals surface area contributed by atoms with E-state index in [0.717, 1.165) is 38.4 Å². The molecule has 0 bridgehead atoms. The average molecular weight is 315 g/mol. The normalized spacial score (nSPS) is 17.6. The van der Waals surface area contributed by atoms with Gasteiger partial charge in [-0.3, -0.25) is 9.69 Å². The van der Waals surface area contributed by atoms with Crippen LogP contribution in [0.2, 0.25) is 0 Å². The van der Waals surface area contributed by atoms with Gasteiger partial charge in [0.1, 0.15) is 5.52 Å². The lowest BCUT2D eigenvalue weighted by molar-refractivity contribution is -0.117. The summed E-state index contributed by atoms with van der Waals surface area (Å²) in [5.41, 5.74) is 1.50. The SMILES string of the molecule is C[C@@H](CN1CCOCC1)NC(=O)/C=C/c1nc2ccccc2o1. The predicted octanol–water partition coefficient (Wildman–Crippen LogP) is 1.68. The summed E-state index contributed by atoms with van der Waals surface area (Å²) in [6.07, 6.45) is 3.05. The quantitative estimate of drug-likeness (QED) is 0.850. The van der Waals surface area contributed by atoms with Gasteiger partial charge >= 0.3 is 0 Å². The third-order valence-electron chi connectivity index (χ3n) is 3.71. The third kappa shape index (κ3) is 4.40. The molecule has 0 saturated carbocycles. The van der Waals surface area contributed by atoms with Crippen LogP contribution < -0.4 is 5.32 Å². The van der Waals surface area contributed by atoms with Crippen molar-refractivity contribution < 1.29 is 13.9 Å². The molecule has 2 heterocycles. The number of benzene rings is 1. The van der Waals surface area contributed by atoms with E-state index in [4.69, 9.17) is 9.15 Å². The van der Waals surface area contributed by atoms with Crippen molar-refractivity contribution in [3.63, 3.8) is 0 Å². The number of oxazole rings is 1. The Balaban J connectivity index is 1.51. The molecule has 1 atom stereocenters. The molecule has 0 spiro atoms. The van der Waals surface area contributed by atoms with Gasteiger partial charge in [-0.1, -0.05) is 12.1 Å². The second kappa shape index (κ2) is 7.39. The molecular weight excluding hydrogens is 294 g/mol. The van der Waals surface area contributed by atoms with E-state index in [2.05, 4.69) is 15.2 Å². The number of para-hydroxylation sites is 2. The number of nitrogens with one attached hydrogen (secondary N) is 1. The molecule has 2 aromatic rings. The lowest BCUT2D eigenvalue weighted by Crippen LogP contribution is -2.45. The molecule has 23 heavy (non-hydrogen) atoms. The molecule has 1 aromatic carbocycles. The summed E-state index contributed by atoms with van der Waals surface area (Å²) in [6, 6.07) is 7.60. The van der Waals surface area contributed by atoms with E-state index in [-0.39, 0.29) is 11.9 Å². The van der Waals surface area contributed by atoms with Gasteiger partial charge in [0.05, 0.1) is 13.2 Å². The van der Waals surface area contributed by atoms with Crippen molar-refractivity contribution in [1.29, 1.82) is 0 Å². The first-order valence-electron chi connectivity index (χ1n) is 7.85. The highest BCUT2D eigenvalue weighted by Gasteiger charge is 2.14. The number of morpholine rings is 1. The summed E-state index contributed by atoms with van der Waals surface area (Å²) < 4.78 is 10.9. The molecule has 3 rings (SSSR count). The molecule has 0 radical (unpaired) electrons. The van der Waals surface area contributed by atoms with Gasteiger partial charge in [-0.25, -0.2) is 4.98 Å². The minimum atomic E-state index is -0.145. The Hall–Kier alpha value is -2.18. The van der Waals surface area contributed by atoms with Crippen molar-refractivity contribution in [2.24, 2.45) is 0 Å². The molecule has 0 aliphatic carbocycles. The Labute approximate surface area is 135 Å². The van der Waals surface area contributed by atoms with E-state index < -0.39 is 0 Å². The maximum atomic E-state index is 12.0. The van der Waals surface area contributed by atoms with Crippen molar-refractivity contribution in [2.75, 3.05) is 32.8 Å². The van der Waals surface area contributed by atoms with E-state index in [1.807, 2.05) is 31.2 Å². The fourth-order valence-corrected chi connectivity index (χ4v) is 2.62. The standard InChI is InChI=1S/C17H21N3O3/c1-13(12-20-8-10-22-11-9-20)18-16(21)6-7-17-19-14-4-2-3-5-15(14)23-17/h2-7,13H,8-12H2,1H3,(H,18,21)/b7-6+/t13-/m0/s1. The Kier molecular flexibility index (Phi) is 5.05. The first-order valence-corrected chi connectivity index (χ1v) is 7.85. The van der Waals surface area contributed by atoms with Crippen molar-refractivity contribution in [3.05, 3.63) is 36.2 Å². The number of aromatic nitrogens is 1. The van der Waals surface area contributed by atoms with Crippen LogP contribution in [-0.2, 0) is 9.53 Å². The van der Waals surface area contributed by atoms with Crippen molar-refractivity contribution in [2.45, 2.75) is 13.0 Å². The van der Waals surface area contributed by atoms with E-state index in [0.29, 0.717) is 11.5 Å². The minimum absolute atomic E-state index is 0.0777.